The average molecular weight is 169 g/mol. The Balaban J connectivity index is 0.000000561. The first-order valence-electron chi connectivity index (χ1n) is 4.21. The van der Waals surface area contributed by atoms with Gasteiger partial charge in [0.1, 0.15) is 5.82 Å². The largest absolute Gasteiger partial charge is 0.258 e. The van der Waals surface area contributed by atoms with Crippen molar-refractivity contribution in [2.45, 2.75) is 34.6 Å². The fourth-order valence-corrected chi connectivity index (χ4v) is 0.798. The summed E-state index contributed by atoms with van der Waals surface area (Å²) >= 11 is 0. The highest BCUT2D eigenvalue weighted by Crippen LogP contribution is 2.11. The summed E-state index contributed by atoms with van der Waals surface area (Å²) in [5, 5.41) is 0. The van der Waals surface area contributed by atoms with E-state index in [0.717, 1.165) is 11.3 Å². The van der Waals surface area contributed by atoms with E-state index in [1.807, 2.05) is 27.7 Å². The number of nitrogens with zero attached hydrogens (tertiary/aromatic N) is 1. The SMILES string of the molecule is CC.Cc1ncc(F)c(C)c1C. The van der Waals surface area contributed by atoms with Crippen molar-refractivity contribution >= 4 is 0 Å². The molecule has 0 saturated carbocycles. The van der Waals surface area contributed by atoms with Crippen molar-refractivity contribution in [3.63, 3.8) is 0 Å². The van der Waals surface area contributed by atoms with E-state index in [9.17, 15) is 4.39 Å². The zero-order valence-electron chi connectivity index (χ0n) is 8.40. The molecule has 0 aliphatic rings. The Morgan fingerprint density at radius 1 is 1.08 bits per heavy atom. The molecule has 0 saturated heterocycles. The molecule has 12 heavy (non-hydrogen) atoms. The number of aromatic nitrogens is 1. The zero-order valence-corrected chi connectivity index (χ0v) is 8.40. The van der Waals surface area contributed by atoms with Gasteiger partial charge in [0.15, 0.2) is 0 Å². The van der Waals surface area contributed by atoms with Crippen molar-refractivity contribution < 1.29 is 4.39 Å². The highest BCUT2D eigenvalue weighted by molar-refractivity contribution is 5.27. The number of rotatable bonds is 0. The monoisotopic (exact) mass is 169 g/mol. The normalized spacial score (nSPS) is 8.83. The molecule has 0 N–H and O–H groups in total. The molecule has 0 radical (unpaired) electrons. The standard InChI is InChI=1S/C8H10FN.C2H6/c1-5-6(2)8(9)4-10-7(5)3;1-2/h4H,1-3H3;1-2H3. The van der Waals surface area contributed by atoms with Crippen molar-refractivity contribution in [3.05, 3.63) is 28.8 Å². The van der Waals surface area contributed by atoms with Gasteiger partial charge in [0.2, 0.25) is 0 Å². The summed E-state index contributed by atoms with van der Waals surface area (Å²) in [4.78, 5) is 3.86. The van der Waals surface area contributed by atoms with Gasteiger partial charge in [0.05, 0.1) is 6.20 Å². The molecule has 0 aromatic carbocycles. The van der Waals surface area contributed by atoms with Crippen LogP contribution in [0.2, 0.25) is 0 Å². The van der Waals surface area contributed by atoms with Crippen LogP contribution in [0.1, 0.15) is 30.7 Å². The van der Waals surface area contributed by atoms with E-state index in [-0.39, 0.29) is 5.82 Å². The van der Waals surface area contributed by atoms with Crippen LogP contribution in [0.25, 0.3) is 0 Å². The zero-order chi connectivity index (χ0) is 9.72. The Labute approximate surface area is 73.6 Å². The maximum Gasteiger partial charge on any atom is 0.144 e. The Bertz CT molecular complexity index is 229. The van der Waals surface area contributed by atoms with E-state index in [0.29, 0.717) is 5.56 Å². The molecule has 1 aromatic heterocycles. The quantitative estimate of drug-likeness (QED) is 0.581. The van der Waals surface area contributed by atoms with Gasteiger partial charge in [0, 0.05) is 5.69 Å². The Morgan fingerprint density at radius 2 is 1.58 bits per heavy atom. The van der Waals surface area contributed by atoms with Gasteiger partial charge in [-0.15, -0.1) is 0 Å². The summed E-state index contributed by atoms with van der Waals surface area (Å²) in [6.45, 7) is 9.52. The van der Waals surface area contributed by atoms with Crippen molar-refractivity contribution in [1.82, 2.24) is 4.98 Å². The second kappa shape index (κ2) is 4.86. The van der Waals surface area contributed by atoms with Crippen LogP contribution in [0, 0.1) is 26.6 Å². The minimum Gasteiger partial charge on any atom is -0.258 e. The van der Waals surface area contributed by atoms with Crippen LogP contribution in [-0.4, -0.2) is 4.98 Å². The van der Waals surface area contributed by atoms with Gasteiger partial charge in [-0.3, -0.25) is 4.98 Å². The summed E-state index contributed by atoms with van der Waals surface area (Å²) in [5.74, 6) is -0.219. The third-order valence-electron chi connectivity index (χ3n) is 1.83. The van der Waals surface area contributed by atoms with E-state index >= 15 is 0 Å². The Kier molecular flexibility index (Phi) is 4.49. The third-order valence-corrected chi connectivity index (χ3v) is 1.83. The third kappa shape index (κ3) is 2.29. The number of hydrogen-bond donors (Lipinski definition) is 0. The summed E-state index contributed by atoms with van der Waals surface area (Å²) in [6, 6.07) is 0. The number of aryl methyl sites for hydroxylation is 1. The highest BCUT2D eigenvalue weighted by Gasteiger charge is 2.02. The van der Waals surface area contributed by atoms with Crippen molar-refractivity contribution in [2.75, 3.05) is 0 Å². The molecule has 1 rings (SSSR count). The second-order valence-electron chi connectivity index (χ2n) is 2.44. The first kappa shape index (κ1) is 11.1. The highest BCUT2D eigenvalue weighted by atomic mass is 19.1. The number of pyridine rings is 1. The van der Waals surface area contributed by atoms with Crippen LogP contribution < -0.4 is 0 Å². The van der Waals surface area contributed by atoms with Crippen LogP contribution >= 0.6 is 0 Å². The predicted octanol–water partition coefficient (Wildman–Crippen LogP) is 3.17. The van der Waals surface area contributed by atoms with Gasteiger partial charge in [-0.1, -0.05) is 13.8 Å². The van der Waals surface area contributed by atoms with Gasteiger partial charge < -0.3 is 0 Å². The second-order valence-corrected chi connectivity index (χ2v) is 2.44. The van der Waals surface area contributed by atoms with E-state index in [1.165, 1.54) is 6.20 Å². The Morgan fingerprint density at radius 3 is 2.00 bits per heavy atom. The lowest BCUT2D eigenvalue weighted by atomic mass is 10.1. The fourth-order valence-electron chi connectivity index (χ4n) is 0.798. The fraction of sp³-hybridized carbons (Fsp3) is 0.500. The predicted molar refractivity (Wildman–Crippen MR) is 49.8 cm³/mol. The van der Waals surface area contributed by atoms with Crippen LogP contribution in [-0.2, 0) is 0 Å². The van der Waals surface area contributed by atoms with Crippen LogP contribution in [0.3, 0.4) is 0 Å². The molecule has 0 atom stereocenters. The van der Waals surface area contributed by atoms with Crippen LogP contribution in [0.5, 0.6) is 0 Å². The minimum absolute atomic E-state index is 0.219. The molecule has 1 nitrogen and oxygen atoms in total. The summed E-state index contributed by atoms with van der Waals surface area (Å²) in [5.41, 5.74) is 2.55. The van der Waals surface area contributed by atoms with Crippen molar-refractivity contribution in [3.8, 4) is 0 Å². The van der Waals surface area contributed by atoms with Crippen molar-refractivity contribution in [2.24, 2.45) is 0 Å². The topological polar surface area (TPSA) is 12.9 Å². The molecule has 0 fully saturated rings. The summed E-state index contributed by atoms with van der Waals surface area (Å²) in [7, 11) is 0. The molecule has 2 heteroatoms. The molecule has 1 heterocycles. The summed E-state index contributed by atoms with van der Waals surface area (Å²) < 4.78 is 12.7. The molecule has 0 aliphatic heterocycles. The molecule has 68 valence electrons. The van der Waals surface area contributed by atoms with E-state index < -0.39 is 0 Å². The van der Waals surface area contributed by atoms with Gasteiger partial charge in [-0.2, -0.15) is 0 Å². The van der Waals surface area contributed by atoms with Crippen LogP contribution in [0.4, 0.5) is 4.39 Å². The Hall–Kier alpha value is -0.920. The molecule has 0 unspecified atom stereocenters. The molecule has 0 amide bonds. The molecule has 0 aliphatic carbocycles. The lowest BCUT2D eigenvalue weighted by molar-refractivity contribution is 0.608. The van der Waals surface area contributed by atoms with Crippen molar-refractivity contribution in [1.29, 1.82) is 0 Å². The van der Waals surface area contributed by atoms with E-state index in [4.69, 9.17) is 0 Å². The summed E-state index contributed by atoms with van der Waals surface area (Å²) in [6.07, 6.45) is 1.26. The maximum absolute atomic E-state index is 12.7. The minimum atomic E-state index is -0.219. The van der Waals surface area contributed by atoms with E-state index in [1.54, 1.807) is 6.92 Å². The number of hydrogen-bond acceptors (Lipinski definition) is 1. The molecule has 0 spiro atoms. The van der Waals surface area contributed by atoms with Gasteiger partial charge in [0.25, 0.3) is 0 Å². The first-order valence-corrected chi connectivity index (χ1v) is 4.21. The molecular formula is C10H16FN. The average Bonchev–Trinajstić information content (AvgIpc) is 2.12. The first-order chi connectivity index (χ1) is 5.63. The van der Waals surface area contributed by atoms with Gasteiger partial charge >= 0.3 is 0 Å². The number of halogens is 1. The maximum atomic E-state index is 12.7. The lowest BCUT2D eigenvalue weighted by Gasteiger charge is -2.02. The van der Waals surface area contributed by atoms with E-state index in [2.05, 4.69) is 4.98 Å². The molecule has 0 bridgehead atoms. The molecule has 1 aromatic rings. The van der Waals surface area contributed by atoms with Gasteiger partial charge in [-0.25, -0.2) is 4.39 Å². The molecular weight excluding hydrogens is 153 g/mol. The van der Waals surface area contributed by atoms with Gasteiger partial charge in [-0.05, 0) is 31.9 Å². The smallest absolute Gasteiger partial charge is 0.144 e. The van der Waals surface area contributed by atoms with Crippen LogP contribution in [0.15, 0.2) is 6.20 Å². The lowest BCUT2D eigenvalue weighted by Crippen LogP contribution is -1.93.